The Morgan fingerprint density at radius 3 is 2.00 bits per heavy atom. The molecule has 1 aliphatic rings. The number of carbonyl (C=O) groups is 1. The van der Waals surface area contributed by atoms with Crippen molar-refractivity contribution >= 4 is 17.7 Å². The molecule has 0 aromatic heterocycles. The quantitative estimate of drug-likeness (QED) is 0.0185. The predicted octanol–water partition coefficient (Wildman–Crippen LogP) is 9.79. The molecular formula is C44H42F4NO9S+. The maximum absolute atomic E-state index is 14.4. The molecule has 1 aliphatic heterocycles. The Morgan fingerprint density at radius 1 is 0.797 bits per heavy atom. The molecule has 1 heterocycles. The van der Waals surface area contributed by atoms with Gasteiger partial charge < -0.3 is 28.4 Å². The van der Waals surface area contributed by atoms with E-state index in [0.717, 1.165) is 11.1 Å². The van der Waals surface area contributed by atoms with Gasteiger partial charge in [0.05, 0.1) is 63.0 Å². The van der Waals surface area contributed by atoms with Crippen molar-refractivity contribution in [1.29, 1.82) is 0 Å². The van der Waals surface area contributed by atoms with Crippen molar-refractivity contribution in [1.82, 2.24) is 0 Å². The molecule has 59 heavy (non-hydrogen) atoms. The van der Waals surface area contributed by atoms with Crippen LogP contribution in [0.4, 0.5) is 17.6 Å². The molecule has 310 valence electrons. The molecule has 6 rings (SSSR count). The Balaban J connectivity index is 1.31. The summed E-state index contributed by atoms with van der Waals surface area (Å²) < 4.78 is 91.4. The Hall–Kier alpha value is -5.74. The van der Waals surface area contributed by atoms with Crippen LogP contribution in [0.2, 0.25) is 0 Å². The first-order valence-electron chi connectivity index (χ1n) is 18.3. The van der Waals surface area contributed by atoms with E-state index < -0.39 is 38.9 Å². The Bertz CT molecular complexity index is 2230. The van der Waals surface area contributed by atoms with Crippen LogP contribution in [0, 0.1) is 23.3 Å². The fourth-order valence-electron chi connectivity index (χ4n) is 6.60. The molecule has 1 amide bonds. The summed E-state index contributed by atoms with van der Waals surface area (Å²) in [6.45, 7) is 0.179. The van der Waals surface area contributed by atoms with Crippen molar-refractivity contribution in [3.05, 3.63) is 149 Å². The smallest absolute Gasteiger partial charge is 0.425 e. The molecule has 3 unspecified atom stereocenters. The maximum Gasteiger partial charge on any atom is 0.425 e. The second-order valence-corrected chi connectivity index (χ2v) is 14.3. The number of para-hydroxylation sites is 1. The van der Waals surface area contributed by atoms with Gasteiger partial charge in [-0.05, 0) is 72.5 Å². The molecule has 0 aliphatic carbocycles. The summed E-state index contributed by atoms with van der Waals surface area (Å²) in [4.78, 5) is 17.2. The lowest BCUT2D eigenvalue weighted by Gasteiger charge is -2.21. The lowest BCUT2D eigenvalue weighted by molar-refractivity contribution is -1.13. The molecule has 10 nitrogen and oxygen atoms in total. The third-order valence-corrected chi connectivity index (χ3v) is 10.5. The third-order valence-electron chi connectivity index (χ3n) is 9.49. The van der Waals surface area contributed by atoms with E-state index in [2.05, 4.69) is 0 Å². The first-order chi connectivity index (χ1) is 28.5. The molecule has 1 N–H and O–H groups in total. The molecule has 0 radical (unpaired) electrons. The zero-order valence-electron chi connectivity index (χ0n) is 32.6. The number of allylic oxidation sites excluding steroid dienone is 1. The predicted molar refractivity (Wildman–Crippen MR) is 210 cm³/mol. The number of halogens is 4. The van der Waals surface area contributed by atoms with E-state index in [1.165, 1.54) is 40.7 Å². The number of quaternary nitrogens is 1. The molecule has 0 spiro atoms. The van der Waals surface area contributed by atoms with E-state index >= 15 is 0 Å². The molecule has 3 atom stereocenters. The van der Waals surface area contributed by atoms with Gasteiger partial charge in [0.25, 0.3) is 0 Å². The highest BCUT2D eigenvalue weighted by molar-refractivity contribution is 7.99. The summed E-state index contributed by atoms with van der Waals surface area (Å²) in [5.41, 5.74) is 2.38. The molecule has 0 saturated carbocycles. The zero-order valence-corrected chi connectivity index (χ0v) is 33.4. The highest BCUT2D eigenvalue weighted by Crippen LogP contribution is 2.46. The van der Waals surface area contributed by atoms with Crippen LogP contribution < -0.4 is 28.5 Å². The van der Waals surface area contributed by atoms with E-state index in [1.54, 1.807) is 66.7 Å². The van der Waals surface area contributed by atoms with E-state index in [0.29, 0.717) is 53.4 Å². The normalized spacial score (nSPS) is 16.1. The lowest BCUT2D eigenvalue weighted by atomic mass is 9.91. The van der Waals surface area contributed by atoms with Crippen molar-refractivity contribution in [3.8, 4) is 34.5 Å². The molecule has 5 aromatic rings. The number of carbonyl (C=O) groups excluding carboxylic acids is 1. The average molecular weight is 837 g/mol. The van der Waals surface area contributed by atoms with Crippen LogP contribution in [-0.2, 0) is 11.2 Å². The van der Waals surface area contributed by atoms with Gasteiger partial charge in [0.2, 0.25) is 5.75 Å². The topological polar surface area (TPSA) is 102 Å². The fourth-order valence-corrected chi connectivity index (χ4v) is 7.42. The number of hydrogen-bond acceptors (Lipinski definition) is 10. The summed E-state index contributed by atoms with van der Waals surface area (Å²) in [7, 11) is 6.04. The molecule has 5 aromatic carbocycles. The minimum absolute atomic E-state index is 0.0652. The second kappa shape index (κ2) is 19.3. The standard InChI is InChI=1S/C44H42F4NO9S/c1-52-36-21-29(31-24-35(57-26-31)30-22-37(53-2)42(55-4)38(23-30)54-3)20-28(41(36)56-18-19-59-43-39(47)33(45)25-34(46)40(43)48)14-11-17-49(51,58-32-15-9-6-10-16-32)44(50)27-12-7-5-8-13-27/h5-13,15-17,20-23,25,31,35,51H,14,18-19,24,26H2,1-4H3/q+1/b17-11+. The monoisotopic (exact) mass is 836 g/mol. The van der Waals surface area contributed by atoms with Crippen molar-refractivity contribution < 1.29 is 65.6 Å². The van der Waals surface area contributed by atoms with Crippen LogP contribution >= 0.6 is 11.8 Å². The van der Waals surface area contributed by atoms with Gasteiger partial charge in [0.15, 0.2) is 58.2 Å². The number of nitrogens with zero attached hydrogens (tertiary/aromatic N) is 1. The van der Waals surface area contributed by atoms with Gasteiger partial charge in [-0.1, -0.05) is 42.5 Å². The van der Waals surface area contributed by atoms with Crippen LogP contribution in [0.5, 0.6) is 34.5 Å². The number of methoxy groups -OCH3 is 4. The van der Waals surface area contributed by atoms with Gasteiger partial charge in [0.1, 0.15) is 0 Å². The van der Waals surface area contributed by atoms with Crippen LogP contribution in [0.15, 0.2) is 108 Å². The highest BCUT2D eigenvalue weighted by Gasteiger charge is 2.39. The fraction of sp³-hybridized carbons (Fsp3) is 0.250. The average Bonchev–Trinajstić information content (AvgIpc) is 3.76. The number of hydroxylamine groups is 4. The van der Waals surface area contributed by atoms with Gasteiger partial charge in [0, 0.05) is 23.3 Å². The first kappa shape index (κ1) is 42.9. The summed E-state index contributed by atoms with van der Waals surface area (Å²) in [6.07, 6.45) is 3.02. The van der Waals surface area contributed by atoms with Crippen LogP contribution in [0.1, 0.15) is 45.5 Å². The lowest BCUT2D eigenvalue weighted by Crippen LogP contribution is -2.48. The van der Waals surface area contributed by atoms with Gasteiger partial charge >= 0.3 is 5.91 Å². The van der Waals surface area contributed by atoms with Crippen LogP contribution in [0.25, 0.3) is 0 Å². The minimum atomic E-state index is -1.56. The van der Waals surface area contributed by atoms with Crippen molar-refractivity contribution in [2.24, 2.45) is 0 Å². The summed E-state index contributed by atoms with van der Waals surface area (Å²) in [5, 5.41) is 11.7. The third kappa shape index (κ3) is 9.77. The zero-order chi connectivity index (χ0) is 42.1. The summed E-state index contributed by atoms with van der Waals surface area (Å²) >= 11 is 0.551. The SMILES string of the molecule is COc1cc(C2COC(c3cc(OC)c(OC)c(OC)c3)C2)cc(C/C=C/[N+](O)(Oc2ccccc2)C(=O)c2ccccc2)c1OCCSc1c(F)c(F)cc(F)c1F. The number of rotatable bonds is 17. The summed E-state index contributed by atoms with van der Waals surface area (Å²) in [6, 6.07) is 24.0. The molecule has 1 fully saturated rings. The number of thioether (sulfide) groups is 1. The van der Waals surface area contributed by atoms with E-state index in [9.17, 15) is 27.6 Å². The van der Waals surface area contributed by atoms with Crippen LogP contribution in [-0.4, -0.2) is 63.3 Å². The molecular weight excluding hydrogens is 795 g/mol. The number of hydrogen-bond donors (Lipinski definition) is 1. The molecule has 0 bridgehead atoms. The largest absolute Gasteiger partial charge is 0.493 e. The molecule has 15 heteroatoms. The minimum Gasteiger partial charge on any atom is -0.493 e. The Labute approximate surface area is 342 Å². The van der Waals surface area contributed by atoms with E-state index in [4.69, 9.17) is 33.3 Å². The van der Waals surface area contributed by atoms with Crippen molar-refractivity contribution in [3.63, 3.8) is 0 Å². The van der Waals surface area contributed by atoms with Crippen LogP contribution in [0.3, 0.4) is 0 Å². The molecule has 1 saturated heterocycles. The second-order valence-electron chi connectivity index (χ2n) is 13.2. The van der Waals surface area contributed by atoms with E-state index in [1.807, 2.05) is 18.2 Å². The highest BCUT2D eigenvalue weighted by atomic mass is 32.2. The number of benzene rings is 5. The number of amides is 1. The summed E-state index contributed by atoms with van der Waals surface area (Å²) in [5.74, 6) is -4.82. The van der Waals surface area contributed by atoms with Gasteiger partial charge in [-0.3, -0.25) is 4.84 Å². The first-order valence-corrected chi connectivity index (χ1v) is 19.3. The van der Waals surface area contributed by atoms with Gasteiger partial charge in [-0.15, -0.1) is 11.8 Å². The Kier molecular flexibility index (Phi) is 14.0. The van der Waals surface area contributed by atoms with Crippen molar-refractivity contribution in [2.75, 3.05) is 47.4 Å². The Morgan fingerprint density at radius 2 is 1.39 bits per heavy atom. The van der Waals surface area contributed by atoms with Gasteiger partial charge in [-0.2, -0.15) is 5.21 Å². The maximum atomic E-state index is 14.4. The van der Waals surface area contributed by atoms with E-state index in [-0.39, 0.29) is 53.9 Å². The number of ether oxygens (including phenoxy) is 6. The van der Waals surface area contributed by atoms with Gasteiger partial charge in [-0.25, -0.2) is 22.4 Å². The van der Waals surface area contributed by atoms with Crippen molar-refractivity contribution in [2.45, 2.75) is 29.8 Å².